The number of fused-ring (bicyclic) bond motifs is 7. The van der Waals surface area contributed by atoms with Crippen molar-refractivity contribution in [2.75, 3.05) is 0 Å². The largest absolute Gasteiger partial charge is 0.307 e. The molecule has 12 rings (SSSR count). The summed E-state index contributed by atoms with van der Waals surface area (Å²) < 4.78 is 4.75. The van der Waals surface area contributed by atoms with Crippen LogP contribution in [-0.4, -0.2) is 19.1 Å². The molecule has 0 radical (unpaired) electrons. The Hall–Kier alpha value is -8.34. The average molecular weight is 791 g/mol. The number of hydrogen-bond donors (Lipinski definition) is 0. The highest BCUT2D eigenvalue weighted by molar-refractivity contribution is 6.28. The standard InChI is InChI=1S/C58H38N4/c1-5-18-39(19-6-1)41-32-34-43(35-33-41)51-38-52(45-25-17-24-44(36-45)40-20-7-2-8-21-40)60-58(59-51)62-54-31-16-14-29-48(54)55-49(42-22-9-3-10-23-42)37-50-47-28-13-15-30-53(47)61(56(50)57(55)62)46-26-11-4-12-27-46/h1-38H. The zero-order valence-corrected chi connectivity index (χ0v) is 33.7. The van der Waals surface area contributed by atoms with E-state index >= 15 is 0 Å². The molecule has 4 heteroatoms. The molecule has 3 heterocycles. The fraction of sp³-hybridized carbons (Fsp3) is 0. The van der Waals surface area contributed by atoms with Crippen molar-refractivity contribution in [2.45, 2.75) is 0 Å². The van der Waals surface area contributed by atoms with E-state index in [2.05, 4.69) is 240 Å². The van der Waals surface area contributed by atoms with Crippen LogP contribution in [0.25, 0.3) is 111 Å². The lowest BCUT2D eigenvalue weighted by atomic mass is 9.96. The molecule has 290 valence electrons. The molecule has 9 aromatic carbocycles. The number of aromatic nitrogens is 4. The van der Waals surface area contributed by atoms with E-state index in [0.717, 1.165) is 83.3 Å². The van der Waals surface area contributed by atoms with Gasteiger partial charge in [-0.1, -0.05) is 188 Å². The molecule has 0 saturated carbocycles. The Bertz CT molecular complexity index is 3590. The van der Waals surface area contributed by atoms with Crippen LogP contribution in [0.2, 0.25) is 0 Å². The van der Waals surface area contributed by atoms with Crippen LogP contribution >= 0.6 is 0 Å². The van der Waals surface area contributed by atoms with Crippen molar-refractivity contribution in [3.63, 3.8) is 0 Å². The minimum atomic E-state index is 0.609. The predicted molar refractivity (Wildman–Crippen MR) is 258 cm³/mol. The fourth-order valence-electron chi connectivity index (χ4n) is 9.28. The van der Waals surface area contributed by atoms with Crippen molar-refractivity contribution < 1.29 is 0 Å². The van der Waals surface area contributed by atoms with Crippen LogP contribution in [0.15, 0.2) is 231 Å². The zero-order valence-electron chi connectivity index (χ0n) is 33.7. The van der Waals surface area contributed by atoms with Crippen LogP contribution in [0, 0.1) is 0 Å². The van der Waals surface area contributed by atoms with Gasteiger partial charge in [0.1, 0.15) is 0 Å². The molecule has 0 aliphatic heterocycles. The van der Waals surface area contributed by atoms with E-state index in [1.54, 1.807) is 0 Å². The summed E-state index contributed by atoms with van der Waals surface area (Å²) in [5.74, 6) is 0.609. The topological polar surface area (TPSA) is 35.6 Å². The van der Waals surface area contributed by atoms with Gasteiger partial charge in [0.2, 0.25) is 5.95 Å². The molecular formula is C58H38N4. The number of hydrogen-bond acceptors (Lipinski definition) is 2. The van der Waals surface area contributed by atoms with Gasteiger partial charge in [-0.2, -0.15) is 0 Å². The normalized spacial score (nSPS) is 11.5. The van der Waals surface area contributed by atoms with Gasteiger partial charge < -0.3 is 4.57 Å². The van der Waals surface area contributed by atoms with E-state index in [-0.39, 0.29) is 0 Å². The van der Waals surface area contributed by atoms with Crippen molar-refractivity contribution in [1.82, 2.24) is 19.1 Å². The minimum Gasteiger partial charge on any atom is -0.307 e. The molecule has 0 aliphatic rings. The molecular weight excluding hydrogens is 753 g/mol. The zero-order chi connectivity index (χ0) is 41.0. The molecule has 0 aliphatic carbocycles. The first-order chi connectivity index (χ1) is 30.8. The lowest BCUT2D eigenvalue weighted by Crippen LogP contribution is -2.05. The van der Waals surface area contributed by atoms with Crippen molar-refractivity contribution in [3.05, 3.63) is 231 Å². The summed E-state index contributed by atoms with van der Waals surface area (Å²) >= 11 is 0. The summed E-state index contributed by atoms with van der Waals surface area (Å²) in [5.41, 5.74) is 16.1. The highest BCUT2D eigenvalue weighted by Crippen LogP contribution is 2.46. The second kappa shape index (κ2) is 14.7. The Morgan fingerprint density at radius 1 is 0.290 bits per heavy atom. The van der Waals surface area contributed by atoms with Gasteiger partial charge in [-0.3, -0.25) is 4.57 Å². The van der Waals surface area contributed by atoms with Gasteiger partial charge in [0.25, 0.3) is 0 Å². The van der Waals surface area contributed by atoms with E-state index in [1.807, 2.05) is 0 Å². The molecule has 0 bridgehead atoms. The van der Waals surface area contributed by atoms with Gasteiger partial charge >= 0.3 is 0 Å². The van der Waals surface area contributed by atoms with E-state index in [9.17, 15) is 0 Å². The van der Waals surface area contributed by atoms with Gasteiger partial charge in [0.15, 0.2) is 0 Å². The molecule has 62 heavy (non-hydrogen) atoms. The van der Waals surface area contributed by atoms with Gasteiger partial charge in [0, 0.05) is 38.4 Å². The lowest BCUT2D eigenvalue weighted by molar-refractivity contribution is 0.995. The minimum absolute atomic E-state index is 0.609. The Labute approximate surface area is 359 Å². The van der Waals surface area contributed by atoms with Crippen LogP contribution in [-0.2, 0) is 0 Å². The third-order valence-electron chi connectivity index (χ3n) is 12.1. The molecule has 0 N–H and O–H groups in total. The quantitative estimate of drug-likeness (QED) is 0.161. The van der Waals surface area contributed by atoms with Crippen LogP contribution in [0.5, 0.6) is 0 Å². The second-order valence-corrected chi connectivity index (χ2v) is 15.8. The summed E-state index contributed by atoms with van der Waals surface area (Å²) in [6.45, 7) is 0. The van der Waals surface area contributed by atoms with Crippen molar-refractivity contribution >= 4 is 43.6 Å². The molecule has 0 amide bonds. The summed E-state index contributed by atoms with van der Waals surface area (Å²) in [6, 6.07) is 82.0. The van der Waals surface area contributed by atoms with Crippen LogP contribution in [0.3, 0.4) is 0 Å². The highest BCUT2D eigenvalue weighted by atomic mass is 15.2. The Balaban J connectivity index is 1.21. The van der Waals surface area contributed by atoms with Crippen molar-refractivity contribution in [3.8, 4) is 67.5 Å². The Morgan fingerprint density at radius 2 is 0.774 bits per heavy atom. The van der Waals surface area contributed by atoms with Crippen LogP contribution in [0.4, 0.5) is 0 Å². The lowest BCUT2D eigenvalue weighted by Gasteiger charge is -2.15. The van der Waals surface area contributed by atoms with E-state index in [0.29, 0.717) is 5.95 Å². The molecule has 0 saturated heterocycles. The third-order valence-corrected chi connectivity index (χ3v) is 12.1. The van der Waals surface area contributed by atoms with Gasteiger partial charge in [-0.15, -0.1) is 0 Å². The molecule has 4 nitrogen and oxygen atoms in total. The van der Waals surface area contributed by atoms with E-state index < -0.39 is 0 Å². The maximum absolute atomic E-state index is 5.58. The SMILES string of the molecule is c1ccc(-c2ccc(-c3cc(-c4cccc(-c5ccccc5)c4)nc(-n4c5ccccc5c5c(-c6ccccc6)cc6c7ccccc7n(-c7ccccc7)c6c54)n3)cc2)cc1. The van der Waals surface area contributed by atoms with Gasteiger partial charge in [-0.05, 0) is 75.8 Å². The number of para-hydroxylation sites is 3. The van der Waals surface area contributed by atoms with Crippen molar-refractivity contribution in [2.24, 2.45) is 0 Å². The Kier molecular flexibility index (Phi) is 8.46. The van der Waals surface area contributed by atoms with Crippen molar-refractivity contribution in [1.29, 1.82) is 0 Å². The predicted octanol–water partition coefficient (Wildman–Crippen LogP) is 15.0. The molecule has 0 unspecified atom stereocenters. The molecule has 3 aromatic heterocycles. The van der Waals surface area contributed by atoms with Crippen LogP contribution in [0.1, 0.15) is 0 Å². The van der Waals surface area contributed by atoms with Crippen LogP contribution < -0.4 is 0 Å². The van der Waals surface area contributed by atoms with E-state index in [1.165, 1.54) is 21.9 Å². The first-order valence-electron chi connectivity index (χ1n) is 21.1. The molecule has 0 spiro atoms. The van der Waals surface area contributed by atoms with Gasteiger partial charge in [0.05, 0.1) is 33.5 Å². The fourth-order valence-corrected chi connectivity index (χ4v) is 9.28. The number of nitrogens with zero attached hydrogens (tertiary/aromatic N) is 4. The maximum atomic E-state index is 5.58. The smallest absolute Gasteiger partial charge is 0.235 e. The summed E-state index contributed by atoms with van der Waals surface area (Å²) in [6.07, 6.45) is 0. The summed E-state index contributed by atoms with van der Waals surface area (Å²) in [4.78, 5) is 11.1. The third kappa shape index (κ3) is 5.92. The molecule has 0 fully saturated rings. The maximum Gasteiger partial charge on any atom is 0.235 e. The first-order valence-corrected chi connectivity index (χ1v) is 21.1. The summed E-state index contributed by atoms with van der Waals surface area (Å²) in [5, 5.41) is 4.66. The van der Waals surface area contributed by atoms with Gasteiger partial charge in [-0.25, -0.2) is 9.97 Å². The number of rotatable bonds is 7. The summed E-state index contributed by atoms with van der Waals surface area (Å²) in [7, 11) is 0. The number of benzene rings is 9. The second-order valence-electron chi connectivity index (χ2n) is 15.8. The molecule has 12 aromatic rings. The average Bonchev–Trinajstić information content (AvgIpc) is 3.88. The Morgan fingerprint density at radius 3 is 1.45 bits per heavy atom. The molecule has 0 atom stereocenters. The monoisotopic (exact) mass is 790 g/mol. The van der Waals surface area contributed by atoms with E-state index in [4.69, 9.17) is 9.97 Å². The first kappa shape index (κ1) is 35.6. The highest BCUT2D eigenvalue weighted by Gasteiger charge is 2.26.